The molecular formula is C25H29N5. The topological polar surface area (TPSA) is 38.9 Å². The van der Waals surface area contributed by atoms with Gasteiger partial charge in [0.2, 0.25) is 0 Å². The summed E-state index contributed by atoms with van der Waals surface area (Å²) in [5, 5.41) is 4.84. The molecular weight excluding hydrogens is 370 g/mol. The number of hydrogen-bond donors (Lipinski definition) is 0. The highest BCUT2D eigenvalue weighted by atomic mass is 15.3. The van der Waals surface area contributed by atoms with Gasteiger partial charge in [-0.2, -0.15) is 5.10 Å². The van der Waals surface area contributed by atoms with E-state index in [1.165, 1.54) is 41.0 Å². The number of benzene rings is 2. The largest absolute Gasteiger partial charge is 0.331 e. The molecule has 0 bridgehead atoms. The van der Waals surface area contributed by atoms with E-state index in [-0.39, 0.29) is 0 Å². The molecule has 5 rings (SSSR count). The quantitative estimate of drug-likeness (QED) is 0.501. The van der Waals surface area contributed by atoms with Gasteiger partial charge in [0, 0.05) is 49.9 Å². The summed E-state index contributed by atoms with van der Waals surface area (Å²) in [4.78, 5) is 7.57. The molecule has 0 aliphatic carbocycles. The Balaban J connectivity index is 1.42. The van der Waals surface area contributed by atoms with Crippen LogP contribution in [0.4, 0.5) is 0 Å². The fraction of sp³-hybridized carbons (Fsp3) is 0.360. The maximum absolute atomic E-state index is 4.98. The third kappa shape index (κ3) is 3.33. The van der Waals surface area contributed by atoms with Crippen LogP contribution in [0.1, 0.15) is 35.8 Å². The first kappa shape index (κ1) is 19.1. The second-order valence-electron chi connectivity index (χ2n) is 8.49. The van der Waals surface area contributed by atoms with E-state index in [0.29, 0.717) is 5.92 Å². The fourth-order valence-corrected chi connectivity index (χ4v) is 4.83. The summed E-state index contributed by atoms with van der Waals surface area (Å²) in [5.74, 6) is 1.68. The van der Waals surface area contributed by atoms with Crippen LogP contribution in [0.3, 0.4) is 0 Å². The first-order valence-electron chi connectivity index (χ1n) is 10.8. The van der Waals surface area contributed by atoms with Crippen molar-refractivity contribution in [3.05, 3.63) is 71.7 Å². The van der Waals surface area contributed by atoms with Crippen molar-refractivity contribution in [3.63, 3.8) is 0 Å². The van der Waals surface area contributed by atoms with Crippen molar-refractivity contribution in [2.24, 2.45) is 14.1 Å². The van der Waals surface area contributed by atoms with Crippen LogP contribution in [0.5, 0.6) is 0 Å². The highest BCUT2D eigenvalue weighted by Crippen LogP contribution is 2.31. The summed E-state index contributed by atoms with van der Waals surface area (Å²) in [5.41, 5.74) is 7.22. The molecule has 0 radical (unpaired) electrons. The lowest BCUT2D eigenvalue weighted by Crippen LogP contribution is -2.35. The van der Waals surface area contributed by atoms with Crippen molar-refractivity contribution in [1.82, 2.24) is 24.2 Å². The molecule has 0 unspecified atom stereocenters. The number of imidazole rings is 1. The Morgan fingerprint density at radius 2 is 1.77 bits per heavy atom. The summed E-state index contributed by atoms with van der Waals surface area (Å²) in [6.45, 7) is 5.29. The standard InChI is InChI=1S/C25H29N5/c1-18-21(24(27-29(18)3)19-10-5-4-6-11-19)17-30-15-9-12-20(16-30)25-26-22-13-7-8-14-23(22)28(25)2/h4-8,10-11,13-14,20H,9,12,15-17H2,1-3H3/t20-/m0/s1. The lowest BCUT2D eigenvalue weighted by atomic mass is 9.96. The predicted octanol–water partition coefficient (Wildman–Crippen LogP) is 4.66. The molecule has 4 aromatic rings. The molecule has 0 N–H and O–H groups in total. The molecule has 154 valence electrons. The summed E-state index contributed by atoms with van der Waals surface area (Å²) < 4.78 is 4.30. The first-order chi connectivity index (χ1) is 14.6. The van der Waals surface area contributed by atoms with Gasteiger partial charge in [0.05, 0.1) is 16.7 Å². The van der Waals surface area contributed by atoms with Gasteiger partial charge in [-0.25, -0.2) is 4.98 Å². The van der Waals surface area contributed by atoms with E-state index in [2.05, 4.69) is 78.0 Å². The maximum atomic E-state index is 4.98. The molecule has 0 saturated carbocycles. The molecule has 5 nitrogen and oxygen atoms in total. The minimum absolute atomic E-state index is 0.466. The number of aromatic nitrogens is 4. The molecule has 1 fully saturated rings. The van der Waals surface area contributed by atoms with E-state index in [1.54, 1.807) is 0 Å². The van der Waals surface area contributed by atoms with Crippen molar-refractivity contribution < 1.29 is 0 Å². The molecule has 2 aromatic heterocycles. The Bertz CT molecular complexity index is 1170. The number of nitrogens with zero attached hydrogens (tertiary/aromatic N) is 5. The second-order valence-corrected chi connectivity index (χ2v) is 8.49. The summed E-state index contributed by atoms with van der Waals surface area (Å²) in [6.07, 6.45) is 2.40. The monoisotopic (exact) mass is 399 g/mol. The van der Waals surface area contributed by atoms with Gasteiger partial charge in [0.15, 0.2) is 0 Å². The van der Waals surface area contributed by atoms with Crippen LogP contribution >= 0.6 is 0 Å². The fourth-order valence-electron chi connectivity index (χ4n) is 4.83. The van der Waals surface area contributed by atoms with E-state index < -0.39 is 0 Å². The highest BCUT2D eigenvalue weighted by molar-refractivity contribution is 5.75. The Kier molecular flexibility index (Phi) is 4.91. The van der Waals surface area contributed by atoms with Crippen molar-refractivity contribution in [2.75, 3.05) is 13.1 Å². The van der Waals surface area contributed by atoms with Gasteiger partial charge in [0.1, 0.15) is 5.82 Å². The SMILES string of the molecule is Cc1c(CN2CCC[C@H](c3nc4ccccc4n3C)C2)c(-c2ccccc2)nn1C. The number of hydrogen-bond acceptors (Lipinski definition) is 3. The van der Waals surface area contributed by atoms with Crippen LogP contribution in [0.15, 0.2) is 54.6 Å². The van der Waals surface area contributed by atoms with E-state index in [4.69, 9.17) is 10.1 Å². The smallest absolute Gasteiger partial charge is 0.114 e. The van der Waals surface area contributed by atoms with Gasteiger partial charge in [-0.05, 0) is 38.4 Å². The van der Waals surface area contributed by atoms with Crippen LogP contribution < -0.4 is 0 Å². The van der Waals surface area contributed by atoms with Crippen LogP contribution in [0.2, 0.25) is 0 Å². The molecule has 3 heterocycles. The molecule has 2 aromatic carbocycles. The van der Waals surface area contributed by atoms with Crippen molar-refractivity contribution in [3.8, 4) is 11.3 Å². The third-order valence-corrected chi connectivity index (χ3v) is 6.58. The van der Waals surface area contributed by atoms with Gasteiger partial charge in [-0.1, -0.05) is 42.5 Å². The molecule has 1 atom stereocenters. The van der Waals surface area contributed by atoms with Crippen molar-refractivity contribution in [1.29, 1.82) is 0 Å². The Labute approximate surface area is 178 Å². The van der Waals surface area contributed by atoms with Gasteiger partial charge in [-0.15, -0.1) is 0 Å². The van der Waals surface area contributed by atoms with Crippen molar-refractivity contribution in [2.45, 2.75) is 32.2 Å². The van der Waals surface area contributed by atoms with Gasteiger partial charge in [-0.3, -0.25) is 9.58 Å². The maximum Gasteiger partial charge on any atom is 0.114 e. The van der Waals surface area contributed by atoms with Crippen LogP contribution in [-0.2, 0) is 20.6 Å². The van der Waals surface area contributed by atoms with Gasteiger partial charge >= 0.3 is 0 Å². The Morgan fingerprint density at radius 3 is 2.57 bits per heavy atom. The molecule has 1 aliphatic rings. The number of fused-ring (bicyclic) bond motifs is 1. The Morgan fingerprint density at radius 1 is 1.00 bits per heavy atom. The molecule has 1 aliphatic heterocycles. The number of para-hydroxylation sites is 2. The van der Waals surface area contributed by atoms with E-state index in [0.717, 1.165) is 30.8 Å². The third-order valence-electron chi connectivity index (χ3n) is 6.58. The van der Waals surface area contributed by atoms with E-state index >= 15 is 0 Å². The lowest BCUT2D eigenvalue weighted by molar-refractivity contribution is 0.195. The zero-order valence-corrected chi connectivity index (χ0v) is 18.0. The zero-order chi connectivity index (χ0) is 20.7. The van der Waals surface area contributed by atoms with Crippen molar-refractivity contribution >= 4 is 11.0 Å². The minimum atomic E-state index is 0.466. The Hall–Kier alpha value is -2.92. The second kappa shape index (κ2) is 7.73. The first-order valence-corrected chi connectivity index (χ1v) is 10.8. The average molecular weight is 400 g/mol. The summed E-state index contributed by atoms with van der Waals surface area (Å²) >= 11 is 0. The van der Waals surface area contributed by atoms with Crippen LogP contribution in [0.25, 0.3) is 22.3 Å². The number of piperidine rings is 1. The van der Waals surface area contributed by atoms with Gasteiger partial charge < -0.3 is 4.57 Å². The average Bonchev–Trinajstić information content (AvgIpc) is 3.26. The molecule has 1 saturated heterocycles. The molecule has 5 heteroatoms. The summed E-state index contributed by atoms with van der Waals surface area (Å²) in [6, 6.07) is 19.0. The minimum Gasteiger partial charge on any atom is -0.331 e. The number of rotatable bonds is 4. The van der Waals surface area contributed by atoms with Gasteiger partial charge in [0.25, 0.3) is 0 Å². The number of likely N-dealkylation sites (tertiary alicyclic amines) is 1. The van der Waals surface area contributed by atoms with Crippen LogP contribution in [-0.4, -0.2) is 37.3 Å². The zero-order valence-electron chi connectivity index (χ0n) is 18.0. The van der Waals surface area contributed by atoms with Crippen LogP contribution in [0, 0.1) is 6.92 Å². The molecule has 30 heavy (non-hydrogen) atoms. The predicted molar refractivity (Wildman–Crippen MR) is 121 cm³/mol. The number of aryl methyl sites for hydroxylation is 2. The summed E-state index contributed by atoms with van der Waals surface area (Å²) in [7, 11) is 4.20. The molecule has 0 spiro atoms. The van der Waals surface area contributed by atoms with E-state index in [1.807, 2.05) is 11.7 Å². The lowest BCUT2D eigenvalue weighted by Gasteiger charge is -2.32. The normalized spacial score (nSPS) is 17.6. The van der Waals surface area contributed by atoms with E-state index in [9.17, 15) is 0 Å². The molecule has 0 amide bonds. The highest BCUT2D eigenvalue weighted by Gasteiger charge is 2.27.